The van der Waals surface area contributed by atoms with E-state index in [0.717, 1.165) is 19.3 Å². The molecule has 0 radical (unpaired) electrons. The molecule has 0 amide bonds. The van der Waals surface area contributed by atoms with Crippen LogP contribution in [0.2, 0.25) is 0 Å². The Morgan fingerprint density at radius 2 is 1.29 bits per heavy atom. The normalized spacial score (nSPS) is 11.3. The van der Waals surface area contributed by atoms with Gasteiger partial charge in [-0.3, -0.25) is 0 Å². The van der Waals surface area contributed by atoms with E-state index in [-0.39, 0.29) is 6.61 Å². The zero-order valence-corrected chi connectivity index (χ0v) is 14.2. The van der Waals surface area contributed by atoms with E-state index in [1.165, 1.54) is 0 Å². The van der Waals surface area contributed by atoms with Gasteiger partial charge in [0, 0.05) is 0 Å². The first-order valence-corrected chi connectivity index (χ1v) is 8.07. The van der Waals surface area contributed by atoms with E-state index in [1.807, 2.05) is 6.92 Å². The molecule has 0 aliphatic rings. The van der Waals surface area contributed by atoms with E-state index in [2.05, 4.69) is 15.9 Å². The molecule has 0 aliphatic heterocycles. The van der Waals surface area contributed by atoms with E-state index in [0.29, 0.717) is 6.42 Å². The summed E-state index contributed by atoms with van der Waals surface area (Å²) in [6.45, 7) is 1.82. The van der Waals surface area contributed by atoms with Crippen molar-refractivity contribution < 1.29 is 31.1 Å². The Kier molecular flexibility index (Phi) is 6.01. The van der Waals surface area contributed by atoms with E-state index in [4.69, 9.17) is 4.74 Å². The molecule has 0 fully saturated rings. The lowest BCUT2D eigenvalue weighted by Gasteiger charge is -2.13. The molecule has 0 bridgehead atoms. The Hall–Kier alpha value is -1.44. The fourth-order valence-electron chi connectivity index (χ4n) is 2.29. The predicted octanol–water partition coefficient (Wildman–Crippen LogP) is 6.40. The fourth-order valence-corrected chi connectivity index (χ4v) is 2.67. The van der Waals surface area contributed by atoms with Crippen LogP contribution < -0.4 is 4.74 Å². The minimum atomic E-state index is -1.84. The van der Waals surface area contributed by atoms with Gasteiger partial charge < -0.3 is 4.74 Å². The lowest BCUT2D eigenvalue weighted by atomic mass is 10.1. The largest absolute Gasteiger partial charge is 0.488 e. The maximum atomic E-state index is 14.3. The van der Waals surface area contributed by atoms with Crippen molar-refractivity contribution in [1.29, 1.82) is 0 Å². The SMILES string of the molecule is CCCCCCOc1c(F)c(F)c2c(F)c(Br)c(F)c(F)c2c1F. The molecule has 0 saturated heterocycles. The van der Waals surface area contributed by atoms with Crippen LogP contribution in [0.4, 0.5) is 26.3 Å². The van der Waals surface area contributed by atoms with Crippen LogP contribution in [0.3, 0.4) is 0 Å². The van der Waals surface area contributed by atoms with Crippen molar-refractivity contribution >= 4 is 26.7 Å². The monoisotopic (exact) mass is 414 g/mol. The number of fused-ring (bicyclic) bond motifs is 1. The van der Waals surface area contributed by atoms with Crippen molar-refractivity contribution in [1.82, 2.24) is 0 Å². The standard InChI is InChI=1S/C16H13BrF6O/c1-2-3-4-5-6-24-16-13(21)8-7(12(20)15(16)23)10(18)9(17)14(22)11(8)19/h2-6H2,1H3. The molecule has 0 N–H and O–H groups in total. The molecule has 132 valence electrons. The highest BCUT2D eigenvalue weighted by Gasteiger charge is 2.30. The molecule has 2 aromatic carbocycles. The van der Waals surface area contributed by atoms with Crippen LogP contribution in [0.1, 0.15) is 32.6 Å². The Labute approximate surface area is 142 Å². The average molecular weight is 415 g/mol. The number of unbranched alkanes of at least 4 members (excludes halogenated alkanes) is 3. The summed E-state index contributed by atoms with van der Waals surface area (Å²) in [5.41, 5.74) is 0. The number of hydrogen-bond acceptors (Lipinski definition) is 1. The molecule has 0 heterocycles. The van der Waals surface area contributed by atoms with Crippen LogP contribution in [0.5, 0.6) is 5.75 Å². The Morgan fingerprint density at radius 3 is 1.92 bits per heavy atom. The number of benzene rings is 2. The van der Waals surface area contributed by atoms with Crippen LogP contribution >= 0.6 is 15.9 Å². The maximum Gasteiger partial charge on any atom is 0.204 e. The van der Waals surface area contributed by atoms with Crippen LogP contribution in [0, 0.1) is 34.9 Å². The van der Waals surface area contributed by atoms with Crippen LogP contribution in [-0.4, -0.2) is 6.61 Å². The zero-order valence-electron chi connectivity index (χ0n) is 12.6. The van der Waals surface area contributed by atoms with Crippen LogP contribution in [-0.2, 0) is 0 Å². The molecular formula is C16H13BrF6O. The molecule has 0 aromatic heterocycles. The van der Waals surface area contributed by atoms with Crippen molar-refractivity contribution in [3.05, 3.63) is 39.4 Å². The van der Waals surface area contributed by atoms with Gasteiger partial charge in [0.25, 0.3) is 0 Å². The van der Waals surface area contributed by atoms with E-state index in [9.17, 15) is 26.3 Å². The first kappa shape index (κ1) is 18.9. The molecular weight excluding hydrogens is 402 g/mol. The average Bonchev–Trinajstić information content (AvgIpc) is 2.56. The number of halogens is 7. The van der Waals surface area contributed by atoms with Gasteiger partial charge in [-0.05, 0) is 22.4 Å². The summed E-state index contributed by atoms with van der Waals surface area (Å²) >= 11 is 2.39. The highest BCUT2D eigenvalue weighted by atomic mass is 79.9. The minimum Gasteiger partial charge on any atom is -0.488 e. The molecule has 0 spiro atoms. The predicted molar refractivity (Wildman–Crippen MR) is 81.0 cm³/mol. The number of hydrogen-bond donors (Lipinski definition) is 0. The zero-order chi connectivity index (χ0) is 18.0. The van der Waals surface area contributed by atoms with Gasteiger partial charge in [-0.2, -0.15) is 4.39 Å². The summed E-state index contributed by atoms with van der Waals surface area (Å²) in [6.07, 6.45) is 2.96. The third-order valence-corrected chi connectivity index (χ3v) is 4.24. The molecule has 0 atom stereocenters. The van der Waals surface area contributed by atoms with Gasteiger partial charge in [0.1, 0.15) is 0 Å². The second-order valence-corrected chi connectivity index (χ2v) is 5.98. The molecule has 1 nitrogen and oxygen atoms in total. The Bertz CT molecular complexity index is 778. The Morgan fingerprint density at radius 1 is 0.708 bits per heavy atom. The van der Waals surface area contributed by atoms with Gasteiger partial charge in [-0.25, -0.2) is 22.0 Å². The molecule has 2 rings (SSSR count). The topological polar surface area (TPSA) is 9.23 Å². The van der Waals surface area contributed by atoms with Gasteiger partial charge in [-0.15, -0.1) is 0 Å². The second-order valence-electron chi connectivity index (χ2n) is 5.19. The quantitative estimate of drug-likeness (QED) is 0.230. The molecule has 0 aliphatic carbocycles. The maximum absolute atomic E-state index is 14.3. The third-order valence-electron chi connectivity index (χ3n) is 3.54. The first-order chi connectivity index (χ1) is 11.3. The third kappa shape index (κ3) is 3.20. The number of ether oxygens (including phenoxy) is 1. The Balaban J connectivity index is 2.55. The molecule has 0 unspecified atom stereocenters. The van der Waals surface area contributed by atoms with Gasteiger partial charge >= 0.3 is 0 Å². The second kappa shape index (κ2) is 7.63. The van der Waals surface area contributed by atoms with E-state index in [1.54, 1.807) is 0 Å². The smallest absolute Gasteiger partial charge is 0.204 e. The highest BCUT2D eigenvalue weighted by molar-refractivity contribution is 9.10. The van der Waals surface area contributed by atoms with Crippen LogP contribution in [0.15, 0.2) is 4.47 Å². The van der Waals surface area contributed by atoms with E-state index < -0.39 is 55.9 Å². The van der Waals surface area contributed by atoms with Gasteiger partial charge in [0.15, 0.2) is 34.8 Å². The summed E-state index contributed by atoms with van der Waals surface area (Å²) in [5.74, 6) is -11.7. The molecule has 8 heteroatoms. The minimum absolute atomic E-state index is 0.137. The summed E-state index contributed by atoms with van der Waals surface area (Å²) in [5, 5.41) is -2.63. The first-order valence-electron chi connectivity index (χ1n) is 7.27. The summed E-state index contributed by atoms with van der Waals surface area (Å²) < 4.78 is 87.6. The van der Waals surface area contributed by atoms with Crippen molar-refractivity contribution in [2.75, 3.05) is 6.61 Å². The highest BCUT2D eigenvalue weighted by Crippen LogP contribution is 2.39. The molecule has 24 heavy (non-hydrogen) atoms. The van der Waals surface area contributed by atoms with Gasteiger partial charge in [0.2, 0.25) is 5.82 Å². The van der Waals surface area contributed by atoms with E-state index >= 15 is 0 Å². The number of rotatable bonds is 6. The lowest BCUT2D eigenvalue weighted by molar-refractivity contribution is 0.271. The van der Waals surface area contributed by atoms with Crippen molar-refractivity contribution in [3.8, 4) is 5.75 Å². The lowest BCUT2D eigenvalue weighted by Crippen LogP contribution is -2.07. The summed E-state index contributed by atoms with van der Waals surface area (Å²) in [6, 6.07) is 0. The molecule has 0 saturated carbocycles. The fraction of sp³-hybridized carbons (Fsp3) is 0.375. The molecule has 2 aromatic rings. The van der Waals surface area contributed by atoms with Gasteiger partial charge in [-0.1, -0.05) is 26.2 Å². The van der Waals surface area contributed by atoms with Gasteiger partial charge in [0.05, 0.1) is 21.9 Å². The van der Waals surface area contributed by atoms with Crippen LogP contribution in [0.25, 0.3) is 10.8 Å². The summed E-state index contributed by atoms with van der Waals surface area (Å²) in [4.78, 5) is 0. The van der Waals surface area contributed by atoms with Crippen molar-refractivity contribution in [3.63, 3.8) is 0 Å². The van der Waals surface area contributed by atoms with Crippen molar-refractivity contribution in [2.24, 2.45) is 0 Å². The van der Waals surface area contributed by atoms with Crippen molar-refractivity contribution in [2.45, 2.75) is 32.6 Å². The summed E-state index contributed by atoms with van der Waals surface area (Å²) in [7, 11) is 0.